The molecule has 0 fully saturated rings. The molecule has 2 nitrogen and oxygen atoms in total. The molecule has 2 aromatic rings. The summed E-state index contributed by atoms with van der Waals surface area (Å²) in [6.45, 7) is 4.32. The topological polar surface area (TPSA) is 24.4 Å². The lowest BCUT2D eigenvalue weighted by Crippen LogP contribution is -2.32. The number of fused-ring (bicyclic) bond motifs is 1. The van der Waals surface area contributed by atoms with E-state index in [9.17, 15) is 0 Å². The smallest absolute Gasteiger partial charge is 0.133 e. The van der Waals surface area contributed by atoms with Crippen molar-refractivity contribution in [3.8, 4) is 0 Å². The quantitative estimate of drug-likeness (QED) is 0.817. The first-order valence-electron chi connectivity index (χ1n) is 6.74. The van der Waals surface area contributed by atoms with Gasteiger partial charge in [-0.2, -0.15) is 0 Å². The van der Waals surface area contributed by atoms with Gasteiger partial charge in [0, 0.05) is 16.3 Å². The molecule has 20 heavy (non-hydrogen) atoms. The molecule has 2 aromatic carbocycles. The third kappa shape index (κ3) is 2.70. The van der Waals surface area contributed by atoms with E-state index in [4.69, 9.17) is 16.6 Å². The molecule has 3 rings (SSSR count). The van der Waals surface area contributed by atoms with E-state index in [0.29, 0.717) is 0 Å². The van der Waals surface area contributed by atoms with Gasteiger partial charge in [-0.25, -0.2) is 0 Å². The molecule has 1 aliphatic rings. The van der Waals surface area contributed by atoms with Crippen LogP contribution in [0.1, 0.15) is 25.0 Å². The Bertz CT molecular complexity index is 657. The molecule has 0 aromatic heterocycles. The highest BCUT2D eigenvalue weighted by atomic mass is 35.5. The highest BCUT2D eigenvalue weighted by Gasteiger charge is 2.26. The third-order valence-corrected chi connectivity index (χ3v) is 3.67. The van der Waals surface area contributed by atoms with Crippen LogP contribution >= 0.6 is 11.6 Å². The van der Waals surface area contributed by atoms with E-state index >= 15 is 0 Å². The number of benzene rings is 2. The Balaban J connectivity index is 1.98. The number of rotatable bonds is 1. The van der Waals surface area contributed by atoms with Gasteiger partial charge in [-0.05, 0) is 50.1 Å². The van der Waals surface area contributed by atoms with Crippen molar-refractivity contribution in [3.05, 3.63) is 64.7 Å². The molecule has 1 N–H and O–H groups in total. The summed E-state index contributed by atoms with van der Waals surface area (Å²) < 4.78 is 0. The number of aliphatic imine (C=N–C) groups is 1. The summed E-state index contributed by atoms with van der Waals surface area (Å²) >= 11 is 5.92. The Morgan fingerprint density at radius 3 is 2.50 bits per heavy atom. The minimum Gasteiger partial charge on any atom is -0.340 e. The summed E-state index contributed by atoms with van der Waals surface area (Å²) in [6.07, 6.45) is 0.967. The van der Waals surface area contributed by atoms with Crippen molar-refractivity contribution in [2.75, 3.05) is 5.32 Å². The highest BCUT2D eigenvalue weighted by molar-refractivity contribution is 6.30. The average Bonchev–Trinajstić information content (AvgIpc) is 2.40. The SMILES string of the molecule is CC1(C)Cc2ccccc2C(Nc2ccc(Cl)cc2)=N1. The molecule has 0 bridgehead atoms. The molecule has 0 amide bonds. The first-order valence-corrected chi connectivity index (χ1v) is 7.12. The molecule has 3 heteroatoms. The van der Waals surface area contributed by atoms with Gasteiger partial charge in [0.2, 0.25) is 0 Å². The number of amidine groups is 1. The van der Waals surface area contributed by atoms with E-state index in [1.807, 2.05) is 24.3 Å². The number of anilines is 1. The maximum atomic E-state index is 5.92. The normalized spacial score (nSPS) is 16.2. The van der Waals surface area contributed by atoms with Crippen LogP contribution in [0, 0.1) is 0 Å². The lowest BCUT2D eigenvalue weighted by atomic mass is 9.89. The van der Waals surface area contributed by atoms with E-state index in [1.165, 1.54) is 11.1 Å². The van der Waals surface area contributed by atoms with Gasteiger partial charge in [0.1, 0.15) is 5.84 Å². The molecule has 0 radical (unpaired) electrons. The van der Waals surface area contributed by atoms with Gasteiger partial charge >= 0.3 is 0 Å². The lowest BCUT2D eigenvalue weighted by Gasteiger charge is -2.29. The minimum atomic E-state index is -0.0802. The Kier molecular flexibility index (Phi) is 3.27. The monoisotopic (exact) mass is 284 g/mol. The summed E-state index contributed by atoms with van der Waals surface area (Å²) in [6, 6.07) is 16.1. The summed E-state index contributed by atoms with van der Waals surface area (Å²) in [4.78, 5) is 4.85. The zero-order valence-electron chi connectivity index (χ0n) is 11.7. The fourth-order valence-electron chi connectivity index (χ4n) is 2.54. The predicted molar refractivity (Wildman–Crippen MR) is 85.8 cm³/mol. The van der Waals surface area contributed by atoms with Crippen LogP contribution in [0.4, 0.5) is 5.69 Å². The van der Waals surface area contributed by atoms with Crippen molar-refractivity contribution in [3.63, 3.8) is 0 Å². The molecular formula is C17H17ClN2. The number of nitrogens with zero attached hydrogens (tertiary/aromatic N) is 1. The van der Waals surface area contributed by atoms with Crippen LogP contribution in [0.3, 0.4) is 0 Å². The second-order valence-electron chi connectivity index (χ2n) is 5.74. The van der Waals surface area contributed by atoms with E-state index < -0.39 is 0 Å². The van der Waals surface area contributed by atoms with Gasteiger partial charge in [-0.1, -0.05) is 35.9 Å². The van der Waals surface area contributed by atoms with Crippen molar-refractivity contribution < 1.29 is 0 Å². The van der Waals surface area contributed by atoms with E-state index in [-0.39, 0.29) is 5.54 Å². The predicted octanol–water partition coefficient (Wildman–Crippen LogP) is 4.53. The summed E-state index contributed by atoms with van der Waals surface area (Å²) in [5.74, 6) is 0.930. The van der Waals surface area contributed by atoms with Gasteiger partial charge in [0.15, 0.2) is 0 Å². The van der Waals surface area contributed by atoms with Crippen LogP contribution in [0.5, 0.6) is 0 Å². The largest absolute Gasteiger partial charge is 0.340 e. The average molecular weight is 285 g/mol. The molecule has 0 unspecified atom stereocenters. The molecule has 0 spiro atoms. The minimum absolute atomic E-state index is 0.0802. The fraction of sp³-hybridized carbons (Fsp3) is 0.235. The Morgan fingerprint density at radius 1 is 1.05 bits per heavy atom. The van der Waals surface area contributed by atoms with Crippen LogP contribution in [0.15, 0.2) is 53.5 Å². The molecule has 1 heterocycles. The van der Waals surface area contributed by atoms with E-state index in [1.54, 1.807) is 0 Å². The standard InChI is InChI=1S/C17H17ClN2/c1-17(2)11-12-5-3-4-6-15(12)16(20-17)19-14-9-7-13(18)8-10-14/h3-10H,11H2,1-2H3,(H,19,20). The zero-order valence-corrected chi connectivity index (χ0v) is 12.4. The molecule has 0 aliphatic carbocycles. The fourth-order valence-corrected chi connectivity index (χ4v) is 2.67. The van der Waals surface area contributed by atoms with Crippen LogP contribution in [-0.4, -0.2) is 11.4 Å². The second kappa shape index (κ2) is 4.95. The highest BCUT2D eigenvalue weighted by Crippen LogP contribution is 2.27. The van der Waals surface area contributed by atoms with Crippen LogP contribution in [0.2, 0.25) is 5.02 Å². The molecule has 0 saturated heterocycles. The van der Waals surface area contributed by atoms with Crippen LogP contribution in [0.25, 0.3) is 0 Å². The molecular weight excluding hydrogens is 268 g/mol. The van der Waals surface area contributed by atoms with Crippen LogP contribution in [-0.2, 0) is 6.42 Å². The van der Waals surface area contributed by atoms with Crippen molar-refractivity contribution in [2.24, 2.45) is 4.99 Å². The number of hydrogen-bond acceptors (Lipinski definition) is 2. The summed E-state index contributed by atoms with van der Waals surface area (Å²) in [7, 11) is 0. The zero-order chi connectivity index (χ0) is 14.2. The van der Waals surface area contributed by atoms with Crippen molar-refractivity contribution in [1.82, 2.24) is 0 Å². The van der Waals surface area contributed by atoms with Crippen molar-refractivity contribution >= 4 is 23.1 Å². The van der Waals surface area contributed by atoms with Crippen molar-refractivity contribution in [2.45, 2.75) is 25.8 Å². The Labute approximate surface area is 124 Å². The number of hydrogen-bond donors (Lipinski definition) is 1. The lowest BCUT2D eigenvalue weighted by molar-refractivity contribution is 0.513. The van der Waals surface area contributed by atoms with Crippen LogP contribution < -0.4 is 5.32 Å². The number of nitrogens with one attached hydrogen (secondary N) is 1. The second-order valence-corrected chi connectivity index (χ2v) is 6.18. The maximum absolute atomic E-state index is 5.92. The third-order valence-electron chi connectivity index (χ3n) is 3.42. The first kappa shape index (κ1) is 13.2. The van der Waals surface area contributed by atoms with E-state index in [0.717, 1.165) is 23.0 Å². The maximum Gasteiger partial charge on any atom is 0.133 e. The van der Waals surface area contributed by atoms with Gasteiger partial charge in [0.05, 0.1) is 5.54 Å². The van der Waals surface area contributed by atoms with Gasteiger partial charge in [-0.3, -0.25) is 4.99 Å². The molecule has 1 aliphatic heterocycles. The Morgan fingerprint density at radius 2 is 1.75 bits per heavy atom. The Hall–Kier alpha value is -1.80. The van der Waals surface area contributed by atoms with Gasteiger partial charge in [-0.15, -0.1) is 0 Å². The number of halogens is 1. The molecule has 0 saturated carbocycles. The first-order chi connectivity index (χ1) is 9.53. The van der Waals surface area contributed by atoms with Gasteiger partial charge in [0.25, 0.3) is 0 Å². The summed E-state index contributed by atoms with van der Waals surface area (Å²) in [5, 5.41) is 4.15. The van der Waals surface area contributed by atoms with Crippen molar-refractivity contribution in [1.29, 1.82) is 0 Å². The molecule has 0 atom stereocenters. The summed E-state index contributed by atoms with van der Waals surface area (Å²) in [5.41, 5.74) is 3.44. The van der Waals surface area contributed by atoms with Gasteiger partial charge < -0.3 is 5.32 Å². The molecule has 102 valence electrons. The van der Waals surface area contributed by atoms with E-state index in [2.05, 4.69) is 43.4 Å².